The first-order valence-electron chi connectivity index (χ1n) is 12.4. The fourth-order valence-electron chi connectivity index (χ4n) is 5.21. The van der Waals surface area contributed by atoms with Gasteiger partial charge in [-0.3, -0.25) is 19.0 Å². The van der Waals surface area contributed by atoms with Crippen molar-refractivity contribution in [1.29, 1.82) is 0 Å². The third kappa shape index (κ3) is 4.60. The predicted molar refractivity (Wildman–Crippen MR) is 140 cm³/mol. The van der Waals surface area contributed by atoms with E-state index in [4.69, 9.17) is 4.74 Å². The van der Waals surface area contributed by atoms with Gasteiger partial charge in [-0.1, -0.05) is 25.2 Å². The van der Waals surface area contributed by atoms with Crippen molar-refractivity contribution < 1.29 is 24.5 Å². The van der Waals surface area contributed by atoms with Crippen molar-refractivity contribution in [3.05, 3.63) is 77.3 Å². The largest absolute Gasteiger partial charge is 0.491 e. The summed E-state index contributed by atoms with van der Waals surface area (Å²) in [6.07, 6.45) is 8.26. The number of aliphatic hydroxyl groups excluding tert-OH is 1. The van der Waals surface area contributed by atoms with Gasteiger partial charge >= 0.3 is 0 Å². The first-order valence-corrected chi connectivity index (χ1v) is 12.4. The first kappa shape index (κ1) is 26.4. The second-order valence-electron chi connectivity index (χ2n) is 9.41. The lowest BCUT2D eigenvalue weighted by atomic mass is 9.82. The van der Waals surface area contributed by atoms with Crippen molar-refractivity contribution in [3.8, 4) is 11.4 Å². The van der Waals surface area contributed by atoms with E-state index in [1.165, 1.54) is 16.6 Å². The Morgan fingerprint density at radius 1 is 1.32 bits per heavy atom. The molecule has 2 aliphatic rings. The monoisotopic (exact) mass is 507 g/mol. The molecule has 2 aromatic rings. The number of methoxy groups -OCH3 is 1. The average molecular weight is 508 g/mol. The number of likely N-dealkylation sites (tertiary alicyclic amines) is 1. The van der Waals surface area contributed by atoms with E-state index in [2.05, 4.69) is 6.58 Å². The number of anilines is 1. The fourth-order valence-corrected chi connectivity index (χ4v) is 5.21. The highest BCUT2D eigenvalue weighted by Crippen LogP contribution is 2.46. The van der Waals surface area contributed by atoms with Crippen molar-refractivity contribution in [2.45, 2.75) is 37.8 Å². The molecule has 3 atom stereocenters. The van der Waals surface area contributed by atoms with Crippen molar-refractivity contribution in [1.82, 2.24) is 9.47 Å². The highest BCUT2D eigenvalue weighted by atomic mass is 16.5. The smallest absolute Gasteiger partial charge is 0.297 e. The molecule has 2 aliphatic heterocycles. The van der Waals surface area contributed by atoms with Crippen LogP contribution in [0, 0.1) is 5.92 Å². The number of hydrogen-bond donors (Lipinski definition) is 2. The minimum Gasteiger partial charge on any atom is -0.491 e. The number of carbonyl (C=O) groups excluding carboxylic acids is 2. The molecule has 9 nitrogen and oxygen atoms in total. The molecule has 0 aliphatic carbocycles. The van der Waals surface area contributed by atoms with Crippen LogP contribution in [0.4, 0.5) is 5.69 Å². The molecule has 0 unspecified atom stereocenters. The van der Waals surface area contributed by atoms with Gasteiger partial charge in [0.15, 0.2) is 11.4 Å². The number of pyridine rings is 1. The summed E-state index contributed by atoms with van der Waals surface area (Å²) in [7, 11) is 1.42. The highest BCUT2D eigenvalue weighted by Gasteiger charge is 2.52. The summed E-state index contributed by atoms with van der Waals surface area (Å²) in [6.45, 7) is 6.21. The number of fused-ring (bicyclic) bond motifs is 1. The number of ether oxygens (including phenoxy) is 1. The van der Waals surface area contributed by atoms with Gasteiger partial charge in [0.05, 0.1) is 25.4 Å². The maximum Gasteiger partial charge on any atom is 0.297 e. The lowest BCUT2D eigenvalue weighted by Crippen LogP contribution is -2.44. The Hall–Kier alpha value is -3.69. The second kappa shape index (κ2) is 10.7. The van der Waals surface area contributed by atoms with Gasteiger partial charge in [-0.15, -0.1) is 6.58 Å². The van der Waals surface area contributed by atoms with Gasteiger partial charge in [-0.25, -0.2) is 0 Å². The first-order chi connectivity index (χ1) is 17.8. The lowest BCUT2D eigenvalue weighted by Gasteiger charge is -2.28. The van der Waals surface area contributed by atoms with Gasteiger partial charge < -0.3 is 24.7 Å². The van der Waals surface area contributed by atoms with Crippen LogP contribution in [0.3, 0.4) is 0 Å². The molecule has 1 aromatic carbocycles. The molecule has 2 amide bonds. The SMILES string of the molecule is C=CCN1C(=O)[C@](O)([C@H](C)/C=C/CC(=O)N2CCC[C@H]2CO)c2cc(-n3cccc(OC)c3=O)ccc21. The number of amides is 2. The molecule has 3 heterocycles. The van der Waals surface area contributed by atoms with Crippen LogP contribution in [0.15, 0.2) is 66.1 Å². The molecule has 0 saturated carbocycles. The number of rotatable bonds is 9. The summed E-state index contributed by atoms with van der Waals surface area (Å²) in [5.74, 6) is -1.10. The summed E-state index contributed by atoms with van der Waals surface area (Å²) < 4.78 is 6.54. The van der Waals surface area contributed by atoms with Gasteiger partial charge in [-0.05, 0) is 43.2 Å². The van der Waals surface area contributed by atoms with Crippen LogP contribution in [-0.4, -0.2) is 64.3 Å². The molecular formula is C28H33N3O6. The lowest BCUT2D eigenvalue weighted by molar-refractivity contribution is -0.139. The van der Waals surface area contributed by atoms with E-state index in [1.54, 1.807) is 66.6 Å². The topological polar surface area (TPSA) is 112 Å². The zero-order valence-corrected chi connectivity index (χ0v) is 21.2. The molecule has 0 spiro atoms. The summed E-state index contributed by atoms with van der Waals surface area (Å²) in [5, 5.41) is 21.4. The van der Waals surface area contributed by atoms with Gasteiger partial charge in [0.2, 0.25) is 5.91 Å². The minimum atomic E-state index is -1.91. The Bertz CT molecular complexity index is 1280. The van der Waals surface area contributed by atoms with E-state index in [0.29, 0.717) is 23.5 Å². The number of hydrogen-bond acceptors (Lipinski definition) is 6. The quantitative estimate of drug-likeness (QED) is 0.503. The molecule has 4 rings (SSSR count). The summed E-state index contributed by atoms with van der Waals surface area (Å²) >= 11 is 0. The molecule has 1 aromatic heterocycles. The van der Waals surface area contributed by atoms with Crippen LogP contribution in [0.1, 0.15) is 31.7 Å². The molecule has 0 bridgehead atoms. The second-order valence-corrected chi connectivity index (χ2v) is 9.41. The zero-order valence-electron chi connectivity index (χ0n) is 21.2. The summed E-state index contributed by atoms with van der Waals surface area (Å²) in [5.41, 5.74) is -0.890. The van der Waals surface area contributed by atoms with Crippen molar-refractivity contribution in [3.63, 3.8) is 0 Å². The maximum absolute atomic E-state index is 13.5. The van der Waals surface area contributed by atoms with Crippen molar-refractivity contribution in [2.75, 3.05) is 31.7 Å². The molecule has 196 valence electrons. The van der Waals surface area contributed by atoms with E-state index in [-0.39, 0.29) is 42.8 Å². The van der Waals surface area contributed by atoms with Gasteiger partial charge in [0.25, 0.3) is 11.5 Å². The summed E-state index contributed by atoms with van der Waals surface area (Å²) in [4.78, 5) is 42.1. The Morgan fingerprint density at radius 2 is 2.11 bits per heavy atom. The Morgan fingerprint density at radius 3 is 2.81 bits per heavy atom. The zero-order chi connectivity index (χ0) is 26.7. The fraction of sp³-hybridized carbons (Fsp3) is 0.393. The van der Waals surface area contributed by atoms with Crippen LogP contribution in [0.5, 0.6) is 5.75 Å². The normalized spacial score (nSPS) is 21.9. The average Bonchev–Trinajstić information content (AvgIpc) is 3.47. The van der Waals surface area contributed by atoms with Gasteiger partial charge in [-0.2, -0.15) is 0 Å². The van der Waals surface area contributed by atoms with Crippen molar-refractivity contribution in [2.24, 2.45) is 5.92 Å². The Labute approximate surface area is 215 Å². The molecule has 37 heavy (non-hydrogen) atoms. The Balaban J connectivity index is 1.67. The van der Waals surface area contributed by atoms with E-state index in [9.17, 15) is 24.6 Å². The summed E-state index contributed by atoms with van der Waals surface area (Å²) in [6, 6.07) is 8.15. The van der Waals surface area contributed by atoms with Gasteiger partial charge in [0.1, 0.15) is 0 Å². The van der Waals surface area contributed by atoms with E-state index in [1.807, 2.05) is 0 Å². The third-order valence-electron chi connectivity index (χ3n) is 7.26. The van der Waals surface area contributed by atoms with Crippen LogP contribution < -0.4 is 15.2 Å². The maximum atomic E-state index is 13.5. The molecule has 0 radical (unpaired) electrons. The van der Waals surface area contributed by atoms with Crippen LogP contribution in [0.2, 0.25) is 0 Å². The number of benzene rings is 1. The van der Waals surface area contributed by atoms with Gasteiger partial charge in [0, 0.05) is 42.9 Å². The number of nitrogens with zero attached hydrogens (tertiary/aromatic N) is 3. The molecule has 9 heteroatoms. The molecule has 1 saturated heterocycles. The van der Waals surface area contributed by atoms with Crippen molar-refractivity contribution >= 4 is 17.5 Å². The standard InChI is InChI=1S/C28H33N3O6/c1-4-14-31-23-13-12-20(30-16-7-10-24(37-3)26(30)34)17-22(23)28(36,27(31)35)19(2)8-5-11-25(33)29-15-6-9-21(29)18-32/h4-5,7-8,10,12-13,16-17,19,21,32,36H,1,6,9,11,14-15,18H2,2-3H3/b8-5+/t19-,21+,28+/m1/s1. The van der Waals surface area contributed by atoms with E-state index >= 15 is 0 Å². The Kier molecular flexibility index (Phi) is 7.65. The number of aromatic nitrogens is 1. The van der Waals surface area contributed by atoms with Crippen LogP contribution in [0.25, 0.3) is 5.69 Å². The molecular weight excluding hydrogens is 474 g/mol. The molecule has 2 N–H and O–H groups in total. The highest BCUT2D eigenvalue weighted by molar-refractivity contribution is 6.07. The van der Waals surface area contributed by atoms with Crippen LogP contribution in [-0.2, 0) is 15.2 Å². The third-order valence-corrected chi connectivity index (χ3v) is 7.26. The number of carbonyl (C=O) groups is 2. The van der Waals surface area contributed by atoms with Crippen LogP contribution >= 0.6 is 0 Å². The van der Waals surface area contributed by atoms with E-state index < -0.39 is 17.4 Å². The number of aliphatic hydroxyl groups is 2. The van der Waals surface area contributed by atoms with E-state index in [0.717, 1.165) is 12.8 Å². The minimum absolute atomic E-state index is 0.0608. The molecule has 1 fully saturated rings. The predicted octanol–water partition coefficient (Wildman–Crippen LogP) is 2.13.